The van der Waals surface area contributed by atoms with Gasteiger partial charge in [-0.25, -0.2) is 8.78 Å². The number of halogens is 2. The molecule has 2 rings (SSSR count). The number of nitrogens with zero attached hydrogens (tertiary/aromatic N) is 1. The molecule has 0 aromatic heterocycles. The maximum absolute atomic E-state index is 13.2. The molecule has 0 heterocycles. The van der Waals surface area contributed by atoms with Crippen LogP contribution in [0, 0.1) is 29.9 Å². The lowest BCUT2D eigenvalue weighted by molar-refractivity contribution is 0.605. The van der Waals surface area contributed by atoms with Gasteiger partial charge in [-0.1, -0.05) is 24.3 Å². The van der Waals surface area contributed by atoms with Gasteiger partial charge in [-0.15, -0.1) is 0 Å². The summed E-state index contributed by atoms with van der Waals surface area (Å²) >= 11 is 0. The zero-order valence-corrected chi connectivity index (χ0v) is 11.0. The lowest BCUT2D eigenvalue weighted by atomic mass is 10.0. The highest BCUT2D eigenvalue weighted by atomic mass is 19.1. The summed E-state index contributed by atoms with van der Waals surface area (Å²) in [5, 5.41) is 12.3. The van der Waals surface area contributed by atoms with Crippen molar-refractivity contribution in [3.8, 4) is 6.07 Å². The van der Waals surface area contributed by atoms with Crippen molar-refractivity contribution >= 4 is 0 Å². The zero-order valence-electron chi connectivity index (χ0n) is 11.0. The van der Waals surface area contributed by atoms with Gasteiger partial charge in [0.25, 0.3) is 0 Å². The van der Waals surface area contributed by atoms with Crippen molar-refractivity contribution in [3.63, 3.8) is 0 Å². The summed E-state index contributed by atoms with van der Waals surface area (Å²) in [4.78, 5) is 0. The van der Waals surface area contributed by atoms with Gasteiger partial charge in [-0.05, 0) is 41.8 Å². The second-order valence-corrected chi connectivity index (χ2v) is 4.58. The quantitative estimate of drug-likeness (QED) is 0.922. The molecule has 0 amide bonds. The molecule has 2 aromatic carbocycles. The molecule has 0 saturated heterocycles. The van der Waals surface area contributed by atoms with Gasteiger partial charge >= 0.3 is 0 Å². The molecule has 1 unspecified atom stereocenters. The van der Waals surface area contributed by atoms with Crippen LogP contribution in [-0.4, -0.2) is 0 Å². The van der Waals surface area contributed by atoms with Crippen LogP contribution in [0.4, 0.5) is 8.78 Å². The van der Waals surface area contributed by atoms with E-state index in [1.165, 1.54) is 18.2 Å². The monoisotopic (exact) mass is 272 g/mol. The summed E-state index contributed by atoms with van der Waals surface area (Å²) in [5.74, 6) is -0.580. The van der Waals surface area contributed by atoms with Crippen LogP contribution in [0.25, 0.3) is 0 Å². The number of nitriles is 1. The SMILES string of the molecule is Cc1cc(C(C#N)NCc2ccc(F)cc2)ccc1F. The van der Waals surface area contributed by atoms with E-state index in [2.05, 4.69) is 11.4 Å². The first-order chi connectivity index (χ1) is 9.60. The summed E-state index contributed by atoms with van der Waals surface area (Å²) in [6, 6.07) is 12.3. The second-order valence-electron chi connectivity index (χ2n) is 4.58. The minimum absolute atomic E-state index is 0.288. The molecule has 0 radical (unpaired) electrons. The molecule has 0 fully saturated rings. The lowest BCUT2D eigenvalue weighted by Crippen LogP contribution is -2.19. The van der Waals surface area contributed by atoms with Gasteiger partial charge in [0.2, 0.25) is 0 Å². The number of rotatable bonds is 4. The summed E-state index contributed by atoms with van der Waals surface area (Å²) in [6.07, 6.45) is 0. The molecule has 0 saturated carbocycles. The Morgan fingerprint density at radius 2 is 1.85 bits per heavy atom. The van der Waals surface area contributed by atoms with Crippen LogP contribution in [0.3, 0.4) is 0 Å². The van der Waals surface area contributed by atoms with E-state index in [1.807, 2.05) is 0 Å². The van der Waals surface area contributed by atoms with Crippen molar-refractivity contribution < 1.29 is 8.78 Å². The third-order valence-electron chi connectivity index (χ3n) is 3.07. The molecule has 0 aliphatic carbocycles. The summed E-state index contributed by atoms with van der Waals surface area (Å²) in [6.45, 7) is 2.10. The van der Waals surface area contributed by atoms with Crippen molar-refractivity contribution in [1.82, 2.24) is 5.32 Å². The second kappa shape index (κ2) is 6.27. The van der Waals surface area contributed by atoms with Crippen molar-refractivity contribution in [2.24, 2.45) is 0 Å². The van der Waals surface area contributed by atoms with E-state index >= 15 is 0 Å². The normalized spacial score (nSPS) is 11.9. The fraction of sp³-hybridized carbons (Fsp3) is 0.188. The van der Waals surface area contributed by atoms with Gasteiger partial charge in [-0.3, -0.25) is 5.32 Å². The highest BCUT2D eigenvalue weighted by molar-refractivity contribution is 5.30. The molecule has 102 valence electrons. The van der Waals surface area contributed by atoms with E-state index in [0.717, 1.165) is 5.56 Å². The molecule has 0 spiro atoms. The Kier molecular flexibility index (Phi) is 4.44. The molecule has 4 heteroatoms. The Bertz CT molecular complexity index is 630. The average molecular weight is 272 g/mol. The number of benzene rings is 2. The molecular formula is C16H14F2N2. The Hall–Kier alpha value is -2.25. The van der Waals surface area contributed by atoms with E-state index in [4.69, 9.17) is 0 Å². The first-order valence-electron chi connectivity index (χ1n) is 6.23. The Morgan fingerprint density at radius 1 is 1.15 bits per heavy atom. The largest absolute Gasteiger partial charge is 0.294 e. The average Bonchev–Trinajstić information content (AvgIpc) is 2.45. The lowest BCUT2D eigenvalue weighted by Gasteiger charge is -2.13. The number of hydrogen-bond donors (Lipinski definition) is 1. The van der Waals surface area contributed by atoms with Crippen LogP contribution in [0.15, 0.2) is 42.5 Å². The number of hydrogen-bond acceptors (Lipinski definition) is 2. The minimum Gasteiger partial charge on any atom is -0.294 e. The van der Waals surface area contributed by atoms with Gasteiger partial charge in [-0.2, -0.15) is 5.26 Å². The van der Waals surface area contributed by atoms with Crippen LogP contribution >= 0.6 is 0 Å². The van der Waals surface area contributed by atoms with Gasteiger partial charge in [0.05, 0.1) is 6.07 Å². The molecule has 0 aliphatic heterocycles. The standard InChI is InChI=1S/C16H14F2N2/c1-11-8-13(4-7-15(11)18)16(9-19)20-10-12-2-5-14(17)6-3-12/h2-8,16,20H,10H2,1H3. The Labute approximate surface area is 116 Å². The fourth-order valence-electron chi connectivity index (χ4n) is 1.91. The summed E-state index contributed by atoms with van der Waals surface area (Å²) in [5.41, 5.74) is 2.10. The smallest absolute Gasteiger partial charge is 0.126 e. The van der Waals surface area contributed by atoms with Crippen molar-refractivity contribution in [2.75, 3.05) is 0 Å². The molecule has 0 bridgehead atoms. The molecule has 1 N–H and O–H groups in total. The topological polar surface area (TPSA) is 35.8 Å². The predicted octanol–water partition coefficient (Wildman–Crippen LogP) is 3.63. The van der Waals surface area contributed by atoms with Crippen molar-refractivity contribution in [3.05, 3.63) is 70.8 Å². The first kappa shape index (κ1) is 14.2. The molecule has 1 atom stereocenters. The van der Waals surface area contributed by atoms with Gasteiger partial charge < -0.3 is 0 Å². The molecule has 20 heavy (non-hydrogen) atoms. The van der Waals surface area contributed by atoms with Gasteiger partial charge in [0.1, 0.15) is 17.7 Å². The van der Waals surface area contributed by atoms with E-state index in [0.29, 0.717) is 17.7 Å². The van der Waals surface area contributed by atoms with Crippen molar-refractivity contribution in [2.45, 2.75) is 19.5 Å². The fourth-order valence-corrected chi connectivity index (χ4v) is 1.91. The first-order valence-corrected chi connectivity index (χ1v) is 6.23. The van der Waals surface area contributed by atoms with Gasteiger partial charge in [0, 0.05) is 6.54 Å². The maximum Gasteiger partial charge on any atom is 0.126 e. The van der Waals surface area contributed by atoms with Gasteiger partial charge in [0.15, 0.2) is 0 Å². The van der Waals surface area contributed by atoms with E-state index in [1.54, 1.807) is 31.2 Å². The van der Waals surface area contributed by atoms with E-state index in [9.17, 15) is 14.0 Å². The molecular weight excluding hydrogens is 258 g/mol. The summed E-state index contributed by atoms with van der Waals surface area (Å²) < 4.78 is 26.0. The Morgan fingerprint density at radius 3 is 2.45 bits per heavy atom. The van der Waals surface area contributed by atoms with Crippen LogP contribution in [0.2, 0.25) is 0 Å². The third kappa shape index (κ3) is 3.40. The highest BCUT2D eigenvalue weighted by Gasteiger charge is 2.11. The summed E-state index contributed by atoms with van der Waals surface area (Å²) in [7, 11) is 0. The van der Waals surface area contributed by atoms with Crippen LogP contribution in [-0.2, 0) is 6.54 Å². The third-order valence-corrected chi connectivity index (χ3v) is 3.07. The maximum atomic E-state index is 13.2. The van der Waals surface area contributed by atoms with Crippen LogP contribution in [0.5, 0.6) is 0 Å². The molecule has 0 aliphatic rings. The van der Waals surface area contributed by atoms with Crippen LogP contribution in [0.1, 0.15) is 22.7 Å². The van der Waals surface area contributed by atoms with E-state index in [-0.39, 0.29) is 11.6 Å². The number of aryl methyl sites for hydroxylation is 1. The molecule has 2 aromatic rings. The molecule has 2 nitrogen and oxygen atoms in total. The van der Waals surface area contributed by atoms with Crippen LogP contribution < -0.4 is 5.32 Å². The number of nitrogens with one attached hydrogen (secondary N) is 1. The van der Waals surface area contributed by atoms with Crippen molar-refractivity contribution in [1.29, 1.82) is 5.26 Å². The minimum atomic E-state index is -0.528. The highest BCUT2D eigenvalue weighted by Crippen LogP contribution is 2.17. The Balaban J connectivity index is 2.07. The zero-order chi connectivity index (χ0) is 14.5. The van der Waals surface area contributed by atoms with E-state index < -0.39 is 6.04 Å². The predicted molar refractivity (Wildman–Crippen MR) is 72.7 cm³/mol.